The summed E-state index contributed by atoms with van der Waals surface area (Å²) in [5.74, 6) is 0.821. The Morgan fingerprint density at radius 2 is 1.83 bits per heavy atom. The molecule has 0 bridgehead atoms. The molecule has 1 amide bonds. The van der Waals surface area contributed by atoms with Crippen LogP contribution in [0.1, 0.15) is 5.56 Å². The molecule has 0 spiro atoms. The largest absolute Gasteiger partial charge is 0.475 e. The summed E-state index contributed by atoms with van der Waals surface area (Å²) < 4.78 is 7.29. The molecule has 0 radical (unpaired) electrons. The number of hydrogen-bond donors (Lipinski definition) is 1. The van der Waals surface area contributed by atoms with E-state index in [1.807, 2.05) is 48.5 Å². The molecular formula is C22H18ClN5O2. The van der Waals surface area contributed by atoms with Gasteiger partial charge in [0.2, 0.25) is 11.8 Å². The monoisotopic (exact) mass is 419 g/mol. The average Bonchev–Trinajstić information content (AvgIpc) is 3.20. The van der Waals surface area contributed by atoms with Gasteiger partial charge in [0.05, 0.1) is 6.54 Å². The fourth-order valence-corrected chi connectivity index (χ4v) is 2.98. The molecule has 0 aliphatic rings. The molecule has 0 saturated heterocycles. The number of nitrogens with one attached hydrogen (secondary N) is 1. The van der Waals surface area contributed by atoms with Crippen LogP contribution in [0.4, 0.5) is 0 Å². The Hall–Kier alpha value is -3.71. The van der Waals surface area contributed by atoms with Crippen LogP contribution in [0.3, 0.4) is 0 Å². The van der Waals surface area contributed by atoms with Gasteiger partial charge in [0, 0.05) is 22.7 Å². The van der Waals surface area contributed by atoms with Crippen LogP contribution in [0, 0.1) is 0 Å². The minimum Gasteiger partial charge on any atom is -0.475 e. The Morgan fingerprint density at radius 3 is 2.67 bits per heavy atom. The molecule has 30 heavy (non-hydrogen) atoms. The maximum Gasteiger partial charge on any atom is 0.244 e. The van der Waals surface area contributed by atoms with Crippen molar-refractivity contribution in [2.45, 2.75) is 0 Å². The lowest BCUT2D eigenvalue weighted by Gasteiger charge is -2.06. The second kappa shape index (κ2) is 9.19. The molecule has 2 aromatic heterocycles. The highest BCUT2D eigenvalue weighted by atomic mass is 35.5. The number of nitrogens with zero attached hydrogens (tertiary/aromatic N) is 4. The zero-order valence-corrected chi connectivity index (χ0v) is 16.7. The van der Waals surface area contributed by atoms with Crippen LogP contribution in [-0.4, -0.2) is 38.9 Å². The molecule has 0 aliphatic carbocycles. The van der Waals surface area contributed by atoms with Gasteiger partial charge < -0.3 is 10.1 Å². The second-order valence-corrected chi connectivity index (χ2v) is 6.73. The summed E-state index contributed by atoms with van der Waals surface area (Å²) in [4.78, 5) is 11.9. The number of ether oxygens (including phenoxy) is 1. The minimum atomic E-state index is -0.230. The number of rotatable bonds is 7. The van der Waals surface area contributed by atoms with Crippen molar-refractivity contribution >= 4 is 29.2 Å². The SMILES string of the molecule is O=C(C=Cc1ccccc1Cl)NCCOc1ccc2nnc(-c3ccccc3)n2n1. The Kier molecular flexibility index (Phi) is 6.01. The molecule has 2 aromatic carbocycles. The molecule has 1 N–H and O–H groups in total. The number of carbonyl (C=O) groups is 1. The van der Waals surface area contributed by atoms with Crippen LogP contribution in [0.2, 0.25) is 5.02 Å². The number of fused-ring (bicyclic) bond motifs is 1. The first-order chi connectivity index (χ1) is 14.7. The normalized spacial score (nSPS) is 11.1. The van der Waals surface area contributed by atoms with Gasteiger partial charge in [0.25, 0.3) is 0 Å². The minimum absolute atomic E-state index is 0.230. The number of carbonyl (C=O) groups excluding carboxylic acids is 1. The lowest BCUT2D eigenvalue weighted by atomic mass is 10.2. The number of aromatic nitrogens is 4. The van der Waals surface area contributed by atoms with E-state index in [1.165, 1.54) is 6.08 Å². The van der Waals surface area contributed by atoms with Crippen molar-refractivity contribution in [3.63, 3.8) is 0 Å². The number of halogens is 1. The molecular weight excluding hydrogens is 402 g/mol. The molecule has 0 aliphatic heterocycles. The van der Waals surface area contributed by atoms with E-state index in [-0.39, 0.29) is 12.5 Å². The van der Waals surface area contributed by atoms with E-state index in [2.05, 4.69) is 20.6 Å². The molecule has 7 nitrogen and oxygen atoms in total. The maximum atomic E-state index is 11.9. The van der Waals surface area contributed by atoms with Crippen molar-refractivity contribution in [1.29, 1.82) is 0 Å². The lowest BCUT2D eigenvalue weighted by Crippen LogP contribution is -2.26. The van der Waals surface area contributed by atoms with Gasteiger partial charge in [-0.25, -0.2) is 0 Å². The summed E-state index contributed by atoms with van der Waals surface area (Å²) in [5.41, 5.74) is 2.32. The van der Waals surface area contributed by atoms with Gasteiger partial charge in [0.15, 0.2) is 11.5 Å². The Labute approximate surface area is 178 Å². The molecule has 4 rings (SSSR count). The highest BCUT2D eigenvalue weighted by Gasteiger charge is 2.10. The predicted molar refractivity (Wildman–Crippen MR) is 115 cm³/mol. The summed E-state index contributed by atoms with van der Waals surface area (Å²) in [5, 5.41) is 16.1. The van der Waals surface area contributed by atoms with Gasteiger partial charge in [-0.15, -0.1) is 15.3 Å². The summed E-state index contributed by atoms with van der Waals surface area (Å²) >= 11 is 6.06. The second-order valence-electron chi connectivity index (χ2n) is 6.33. The first kappa shape index (κ1) is 19.6. The van der Waals surface area contributed by atoms with Gasteiger partial charge in [0.1, 0.15) is 6.61 Å². The van der Waals surface area contributed by atoms with Crippen LogP contribution in [0.25, 0.3) is 23.1 Å². The first-order valence-corrected chi connectivity index (χ1v) is 9.69. The standard InChI is InChI=1S/C22H18ClN5O2/c23-18-9-5-4-6-16(18)10-12-20(29)24-14-15-30-21-13-11-19-25-26-22(28(19)27-21)17-7-2-1-3-8-17/h1-13H,14-15H2,(H,24,29). The Bertz CT molecular complexity index is 1190. The van der Waals surface area contributed by atoms with Gasteiger partial charge in [-0.05, 0) is 23.8 Å². The summed E-state index contributed by atoms with van der Waals surface area (Å²) in [6.45, 7) is 0.603. The number of hydrogen-bond acceptors (Lipinski definition) is 5. The van der Waals surface area contributed by atoms with Gasteiger partial charge in [-0.2, -0.15) is 4.52 Å². The van der Waals surface area contributed by atoms with Gasteiger partial charge in [-0.3, -0.25) is 4.79 Å². The van der Waals surface area contributed by atoms with Crippen molar-refractivity contribution < 1.29 is 9.53 Å². The van der Waals surface area contributed by atoms with Crippen molar-refractivity contribution in [2.75, 3.05) is 13.2 Å². The Morgan fingerprint density at radius 1 is 1.03 bits per heavy atom. The molecule has 0 atom stereocenters. The van der Waals surface area contributed by atoms with Crippen LogP contribution >= 0.6 is 11.6 Å². The van der Waals surface area contributed by atoms with E-state index in [9.17, 15) is 4.79 Å². The lowest BCUT2D eigenvalue weighted by molar-refractivity contribution is -0.116. The molecule has 0 unspecified atom stereocenters. The first-order valence-electron chi connectivity index (χ1n) is 9.32. The van der Waals surface area contributed by atoms with Crippen molar-refractivity contribution in [3.8, 4) is 17.3 Å². The van der Waals surface area contributed by atoms with Crippen molar-refractivity contribution in [1.82, 2.24) is 25.1 Å². The fourth-order valence-electron chi connectivity index (χ4n) is 2.78. The van der Waals surface area contributed by atoms with E-state index < -0.39 is 0 Å². The van der Waals surface area contributed by atoms with Crippen LogP contribution in [-0.2, 0) is 4.79 Å². The Balaban J connectivity index is 1.33. The highest BCUT2D eigenvalue weighted by molar-refractivity contribution is 6.32. The average molecular weight is 420 g/mol. The summed E-state index contributed by atoms with van der Waals surface area (Å²) in [6.07, 6.45) is 3.11. The molecule has 0 saturated carbocycles. The molecule has 4 aromatic rings. The molecule has 2 heterocycles. The van der Waals surface area contributed by atoms with E-state index in [0.29, 0.717) is 28.9 Å². The van der Waals surface area contributed by atoms with E-state index in [1.54, 1.807) is 28.8 Å². The number of amides is 1. The van der Waals surface area contributed by atoms with Crippen LogP contribution in [0.15, 0.2) is 72.8 Å². The van der Waals surface area contributed by atoms with Crippen molar-refractivity contribution in [3.05, 3.63) is 83.4 Å². The summed E-state index contributed by atoms with van der Waals surface area (Å²) in [6, 6.07) is 20.5. The fraction of sp³-hybridized carbons (Fsp3) is 0.0909. The third kappa shape index (κ3) is 4.64. The van der Waals surface area contributed by atoms with Crippen LogP contribution < -0.4 is 10.1 Å². The summed E-state index contributed by atoms with van der Waals surface area (Å²) in [7, 11) is 0. The van der Waals surface area contributed by atoms with E-state index in [4.69, 9.17) is 16.3 Å². The van der Waals surface area contributed by atoms with Gasteiger partial charge >= 0.3 is 0 Å². The highest BCUT2D eigenvalue weighted by Crippen LogP contribution is 2.18. The predicted octanol–water partition coefficient (Wildman–Crippen LogP) is 3.65. The maximum absolute atomic E-state index is 11.9. The zero-order chi connectivity index (χ0) is 20.8. The quantitative estimate of drug-likeness (QED) is 0.365. The zero-order valence-electron chi connectivity index (χ0n) is 15.9. The van der Waals surface area contributed by atoms with E-state index in [0.717, 1.165) is 11.1 Å². The van der Waals surface area contributed by atoms with Crippen molar-refractivity contribution in [2.24, 2.45) is 0 Å². The third-order valence-corrected chi connectivity index (χ3v) is 4.59. The molecule has 0 fully saturated rings. The smallest absolute Gasteiger partial charge is 0.244 e. The number of benzene rings is 2. The molecule has 8 heteroatoms. The van der Waals surface area contributed by atoms with Crippen LogP contribution in [0.5, 0.6) is 5.88 Å². The topological polar surface area (TPSA) is 81.4 Å². The van der Waals surface area contributed by atoms with E-state index >= 15 is 0 Å². The third-order valence-electron chi connectivity index (χ3n) is 4.24. The van der Waals surface area contributed by atoms with Gasteiger partial charge in [-0.1, -0.05) is 60.1 Å². The molecule has 150 valence electrons.